The zero-order valence-electron chi connectivity index (χ0n) is 7.18. The second kappa shape index (κ2) is 6.37. The predicted molar refractivity (Wildman–Crippen MR) is 52.0 cm³/mol. The lowest BCUT2D eigenvalue weighted by Crippen LogP contribution is -2.42. The number of hydrazine groups is 1. The molecule has 0 bridgehead atoms. The highest BCUT2D eigenvalue weighted by molar-refractivity contribution is 7.80. The van der Waals surface area contributed by atoms with Crippen molar-refractivity contribution in [3.8, 4) is 0 Å². The van der Waals surface area contributed by atoms with Crippen molar-refractivity contribution >= 4 is 17.3 Å². The lowest BCUT2D eigenvalue weighted by Gasteiger charge is -2.13. The van der Waals surface area contributed by atoms with Crippen molar-refractivity contribution in [3.05, 3.63) is 0 Å². The second-order valence-electron chi connectivity index (χ2n) is 2.55. The van der Waals surface area contributed by atoms with Gasteiger partial charge in [0.25, 0.3) is 0 Å². The zero-order chi connectivity index (χ0) is 8.69. The fourth-order valence-electron chi connectivity index (χ4n) is 0.860. The quantitative estimate of drug-likeness (QED) is 0.426. The first-order chi connectivity index (χ1) is 5.20. The van der Waals surface area contributed by atoms with Gasteiger partial charge in [0.15, 0.2) is 5.11 Å². The molecule has 0 atom stereocenters. The molecule has 0 saturated carbocycles. The molecular weight excluding hydrogens is 158 g/mol. The first kappa shape index (κ1) is 10.7. The molecule has 0 radical (unpaired) electrons. The standard InChI is InChI=1S/C7H17N3S/c1-3-6(4-2)5-9-10-7(8)11/h6,9H,3-5H2,1-2H3,(H3,8,10,11). The fraction of sp³-hybridized carbons (Fsp3) is 0.857. The van der Waals surface area contributed by atoms with Crippen molar-refractivity contribution in [3.63, 3.8) is 0 Å². The van der Waals surface area contributed by atoms with Gasteiger partial charge in [-0.05, 0) is 18.1 Å². The lowest BCUT2D eigenvalue weighted by atomic mass is 10.0. The van der Waals surface area contributed by atoms with Crippen molar-refractivity contribution in [1.29, 1.82) is 0 Å². The second-order valence-corrected chi connectivity index (χ2v) is 2.99. The third kappa shape index (κ3) is 6.06. The molecule has 0 amide bonds. The fourth-order valence-corrected chi connectivity index (χ4v) is 0.932. The Morgan fingerprint density at radius 2 is 2.00 bits per heavy atom. The van der Waals surface area contributed by atoms with Gasteiger partial charge in [-0.3, -0.25) is 5.43 Å². The van der Waals surface area contributed by atoms with Crippen LogP contribution in [0.1, 0.15) is 26.7 Å². The van der Waals surface area contributed by atoms with Gasteiger partial charge in [0.2, 0.25) is 0 Å². The van der Waals surface area contributed by atoms with E-state index in [0.717, 1.165) is 6.54 Å². The van der Waals surface area contributed by atoms with Crippen molar-refractivity contribution < 1.29 is 0 Å². The average Bonchev–Trinajstić information content (AvgIpc) is 1.98. The Morgan fingerprint density at radius 1 is 1.45 bits per heavy atom. The topological polar surface area (TPSA) is 50.1 Å². The van der Waals surface area contributed by atoms with Gasteiger partial charge in [0, 0.05) is 6.54 Å². The summed E-state index contributed by atoms with van der Waals surface area (Å²) in [4.78, 5) is 0. The average molecular weight is 175 g/mol. The normalized spacial score (nSPS) is 10.1. The highest BCUT2D eigenvalue weighted by Crippen LogP contribution is 2.03. The summed E-state index contributed by atoms with van der Waals surface area (Å²) in [6, 6.07) is 0. The first-order valence-corrected chi connectivity index (χ1v) is 4.39. The number of nitrogens with two attached hydrogens (primary N) is 1. The molecule has 0 aromatic carbocycles. The third-order valence-corrected chi connectivity index (χ3v) is 1.86. The highest BCUT2D eigenvalue weighted by atomic mass is 32.1. The molecule has 0 aromatic rings. The van der Waals surface area contributed by atoms with E-state index >= 15 is 0 Å². The SMILES string of the molecule is CCC(CC)CNNC(N)=S. The Labute approximate surface area is 73.7 Å². The molecule has 0 aliphatic heterocycles. The molecule has 4 heteroatoms. The van der Waals surface area contributed by atoms with Gasteiger partial charge in [-0.25, -0.2) is 5.43 Å². The summed E-state index contributed by atoms with van der Waals surface area (Å²) in [5.41, 5.74) is 10.9. The van der Waals surface area contributed by atoms with Gasteiger partial charge in [-0.15, -0.1) is 0 Å². The molecule has 0 fully saturated rings. The van der Waals surface area contributed by atoms with E-state index in [1.807, 2.05) is 0 Å². The summed E-state index contributed by atoms with van der Waals surface area (Å²) in [5.74, 6) is 0.705. The highest BCUT2D eigenvalue weighted by Gasteiger charge is 2.00. The van der Waals surface area contributed by atoms with Crippen molar-refractivity contribution in [1.82, 2.24) is 10.9 Å². The van der Waals surface area contributed by atoms with Gasteiger partial charge in [-0.1, -0.05) is 26.7 Å². The minimum absolute atomic E-state index is 0.302. The molecule has 11 heavy (non-hydrogen) atoms. The van der Waals surface area contributed by atoms with Crippen molar-refractivity contribution in [2.45, 2.75) is 26.7 Å². The molecule has 3 nitrogen and oxygen atoms in total. The summed E-state index contributed by atoms with van der Waals surface area (Å²) < 4.78 is 0. The van der Waals surface area contributed by atoms with E-state index in [0.29, 0.717) is 11.0 Å². The number of thiocarbonyl (C=S) groups is 1. The van der Waals surface area contributed by atoms with Crippen LogP contribution in [0.15, 0.2) is 0 Å². The molecule has 0 heterocycles. The van der Waals surface area contributed by atoms with Crippen LogP contribution < -0.4 is 16.6 Å². The first-order valence-electron chi connectivity index (χ1n) is 3.99. The third-order valence-electron chi connectivity index (χ3n) is 1.76. The van der Waals surface area contributed by atoms with E-state index in [9.17, 15) is 0 Å². The van der Waals surface area contributed by atoms with E-state index in [4.69, 9.17) is 5.73 Å². The molecule has 4 N–H and O–H groups in total. The smallest absolute Gasteiger partial charge is 0.178 e. The molecule has 0 aliphatic carbocycles. The molecule has 0 rings (SSSR count). The van der Waals surface area contributed by atoms with Crippen LogP contribution in [-0.2, 0) is 0 Å². The Hall–Kier alpha value is -0.350. The van der Waals surface area contributed by atoms with Crippen LogP contribution >= 0.6 is 12.2 Å². The largest absolute Gasteiger partial charge is 0.375 e. The Morgan fingerprint density at radius 3 is 2.36 bits per heavy atom. The Bertz CT molecular complexity index is 112. The van der Waals surface area contributed by atoms with E-state index in [-0.39, 0.29) is 0 Å². The maximum atomic E-state index is 5.22. The van der Waals surface area contributed by atoms with Gasteiger partial charge in [-0.2, -0.15) is 0 Å². The maximum Gasteiger partial charge on any atom is 0.178 e. The zero-order valence-corrected chi connectivity index (χ0v) is 8.00. The van der Waals surface area contributed by atoms with E-state index in [2.05, 4.69) is 36.9 Å². The van der Waals surface area contributed by atoms with Crippen LogP contribution in [-0.4, -0.2) is 11.7 Å². The van der Waals surface area contributed by atoms with Crippen LogP contribution in [0.4, 0.5) is 0 Å². The Balaban J connectivity index is 3.28. The number of nitrogens with one attached hydrogen (secondary N) is 2. The lowest BCUT2D eigenvalue weighted by molar-refractivity contribution is 0.439. The van der Waals surface area contributed by atoms with Crippen LogP contribution in [0, 0.1) is 5.92 Å². The number of rotatable bonds is 5. The molecule has 0 unspecified atom stereocenters. The maximum absolute atomic E-state index is 5.22. The van der Waals surface area contributed by atoms with Crippen molar-refractivity contribution in [2.75, 3.05) is 6.54 Å². The number of hydrogen-bond donors (Lipinski definition) is 3. The van der Waals surface area contributed by atoms with Crippen LogP contribution in [0.5, 0.6) is 0 Å². The molecule has 66 valence electrons. The summed E-state index contributed by atoms with van der Waals surface area (Å²) >= 11 is 4.62. The van der Waals surface area contributed by atoms with Crippen molar-refractivity contribution in [2.24, 2.45) is 11.7 Å². The minimum atomic E-state index is 0.302. The predicted octanol–water partition coefficient (Wildman–Crippen LogP) is 0.760. The van der Waals surface area contributed by atoms with Gasteiger partial charge >= 0.3 is 0 Å². The molecule has 0 aromatic heterocycles. The summed E-state index contributed by atoms with van der Waals surface area (Å²) in [5, 5.41) is 0.302. The minimum Gasteiger partial charge on any atom is -0.375 e. The van der Waals surface area contributed by atoms with E-state index in [1.54, 1.807) is 0 Å². The van der Waals surface area contributed by atoms with Crippen LogP contribution in [0.25, 0.3) is 0 Å². The molecule has 0 aliphatic rings. The van der Waals surface area contributed by atoms with Crippen LogP contribution in [0.3, 0.4) is 0 Å². The monoisotopic (exact) mass is 175 g/mol. The summed E-state index contributed by atoms with van der Waals surface area (Å²) in [6.45, 7) is 5.28. The van der Waals surface area contributed by atoms with Gasteiger partial charge < -0.3 is 5.73 Å². The molecular formula is C7H17N3S. The summed E-state index contributed by atoms with van der Waals surface area (Å²) in [6.07, 6.45) is 2.37. The van der Waals surface area contributed by atoms with Gasteiger partial charge in [0.1, 0.15) is 0 Å². The summed E-state index contributed by atoms with van der Waals surface area (Å²) in [7, 11) is 0. The molecule has 0 spiro atoms. The van der Waals surface area contributed by atoms with Crippen LogP contribution in [0.2, 0.25) is 0 Å². The number of hydrogen-bond acceptors (Lipinski definition) is 2. The Kier molecular flexibility index (Phi) is 6.16. The molecule has 0 saturated heterocycles. The van der Waals surface area contributed by atoms with Gasteiger partial charge in [0.05, 0.1) is 0 Å². The van der Waals surface area contributed by atoms with E-state index < -0.39 is 0 Å². The van der Waals surface area contributed by atoms with E-state index in [1.165, 1.54) is 12.8 Å².